The van der Waals surface area contributed by atoms with Crippen molar-refractivity contribution >= 4 is 5.91 Å². The highest BCUT2D eigenvalue weighted by Gasteiger charge is 2.31. The summed E-state index contributed by atoms with van der Waals surface area (Å²) in [5, 5.41) is 0. The molecule has 0 aliphatic carbocycles. The molecule has 1 aromatic heterocycles. The lowest BCUT2D eigenvalue weighted by Crippen LogP contribution is -2.31. The molecule has 126 valence electrons. The average Bonchev–Trinajstić information content (AvgIpc) is 3.04. The summed E-state index contributed by atoms with van der Waals surface area (Å²) in [6.45, 7) is 7.08. The number of hydrogen-bond acceptors (Lipinski definition) is 2. The number of hydrogen-bond donors (Lipinski definition) is 0. The Morgan fingerprint density at radius 3 is 2.67 bits per heavy atom. The second-order valence-electron chi connectivity index (χ2n) is 7.13. The maximum Gasteiger partial charge on any atom is 0.223 e. The Bertz CT molecular complexity index is 709. The molecular weight excluding hydrogens is 296 g/mol. The van der Waals surface area contributed by atoms with E-state index in [2.05, 4.69) is 50.2 Å². The highest BCUT2D eigenvalue weighted by atomic mass is 16.2. The fraction of sp³-hybridized carbons (Fsp3) is 0.429. The molecule has 24 heavy (non-hydrogen) atoms. The predicted octanol–water partition coefficient (Wildman–Crippen LogP) is 4.77. The Kier molecular flexibility index (Phi) is 4.98. The number of carbonyl (C=O) groups is 1. The summed E-state index contributed by atoms with van der Waals surface area (Å²) in [6.07, 6.45) is 2.69. The van der Waals surface area contributed by atoms with Crippen LogP contribution < -0.4 is 0 Å². The van der Waals surface area contributed by atoms with Gasteiger partial charge in [-0.25, -0.2) is 0 Å². The Morgan fingerprint density at radius 1 is 1.21 bits per heavy atom. The number of aryl methyl sites for hydroxylation is 1. The van der Waals surface area contributed by atoms with Crippen LogP contribution in [0.1, 0.15) is 50.5 Å². The minimum atomic E-state index is 0.124. The molecule has 0 saturated carbocycles. The van der Waals surface area contributed by atoms with Crippen LogP contribution in [0.5, 0.6) is 0 Å². The Morgan fingerprint density at radius 2 is 1.96 bits per heavy atom. The molecule has 1 aliphatic heterocycles. The molecule has 3 nitrogen and oxygen atoms in total. The monoisotopic (exact) mass is 322 g/mol. The zero-order chi connectivity index (χ0) is 17.1. The molecule has 3 rings (SSSR count). The number of rotatable bonds is 4. The quantitative estimate of drug-likeness (QED) is 0.812. The van der Waals surface area contributed by atoms with Crippen LogP contribution in [0.2, 0.25) is 0 Å². The van der Waals surface area contributed by atoms with Crippen LogP contribution in [0, 0.1) is 12.8 Å². The Hall–Kier alpha value is -2.16. The van der Waals surface area contributed by atoms with E-state index in [1.165, 1.54) is 11.1 Å². The van der Waals surface area contributed by atoms with Gasteiger partial charge in [0.2, 0.25) is 5.91 Å². The van der Waals surface area contributed by atoms with Gasteiger partial charge in [-0.2, -0.15) is 0 Å². The van der Waals surface area contributed by atoms with Gasteiger partial charge in [-0.1, -0.05) is 44.2 Å². The molecule has 3 heteroatoms. The molecule has 0 spiro atoms. The van der Waals surface area contributed by atoms with E-state index in [4.69, 9.17) is 4.98 Å². The van der Waals surface area contributed by atoms with Crippen LogP contribution >= 0.6 is 0 Å². The first-order valence-corrected chi connectivity index (χ1v) is 8.88. The maximum atomic E-state index is 12.6. The van der Waals surface area contributed by atoms with Crippen molar-refractivity contribution in [3.8, 4) is 11.1 Å². The SMILES string of the molecule is Cc1cc(-c2ccccc2)cc([C@@H]2CCCN2C(=O)CC(C)C)n1. The number of pyridine rings is 1. The first-order valence-electron chi connectivity index (χ1n) is 8.88. The van der Waals surface area contributed by atoms with E-state index < -0.39 is 0 Å². The average molecular weight is 322 g/mol. The van der Waals surface area contributed by atoms with Crippen molar-refractivity contribution in [3.63, 3.8) is 0 Å². The largest absolute Gasteiger partial charge is 0.334 e. The van der Waals surface area contributed by atoms with Crippen molar-refractivity contribution < 1.29 is 4.79 Å². The first-order chi connectivity index (χ1) is 11.5. The van der Waals surface area contributed by atoms with Gasteiger partial charge in [-0.3, -0.25) is 9.78 Å². The number of likely N-dealkylation sites (tertiary alicyclic amines) is 1. The van der Waals surface area contributed by atoms with E-state index in [1.807, 2.05) is 17.9 Å². The summed E-state index contributed by atoms with van der Waals surface area (Å²) < 4.78 is 0. The van der Waals surface area contributed by atoms with Gasteiger partial charge in [0.15, 0.2) is 0 Å². The molecule has 0 radical (unpaired) electrons. The normalized spacial score (nSPS) is 17.5. The molecule has 0 bridgehead atoms. The number of nitrogens with zero attached hydrogens (tertiary/aromatic N) is 2. The first kappa shape index (κ1) is 16.7. The smallest absolute Gasteiger partial charge is 0.223 e. The zero-order valence-corrected chi connectivity index (χ0v) is 14.8. The van der Waals surface area contributed by atoms with Gasteiger partial charge in [-0.05, 0) is 48.9 Å². The lowest BCUT2D eigenvalue weighted by Gasteiger charge is -2.26. The molecule has 2 heterocycles. The van der Waals surface area contributed by atoms with Crippen molar-refractivity contribution in [2.45, 2.75) is 46.1 Å². The minimum absolute atomic E-state index is 0.124. The standard InChI is InChI=1S/C21H26N2O/c1-15(2)12-21(24)23-11-7-10-20(23)19-14-18(13-16(3)22-19)17-8-5-4-6-9-17/h4-6,8-9,13-15,20H,7,10-12H2,1-3H3/t20-/m0/s1. The molecule has 1 aliphatic rings. The summed E-state index contributed by atoms with van der Waals surface area (Å²) in [4.78, 5) is 19.4. The third kappa shape index (κ3) is 3.66. The molecule has 1 fully saturated rings. The van der Waals surface area contributed by atoms with Crippen LogP contribution in [0.3, 0.4) is 0 Å². The molecule has 0 unspecified atom stereocenters. The second kappa shape index (κ2) is 7.16. The van der Waals surface area contributed by atoms with Gasteiger partial charge in [0.1, 0.15) is 0 Å². The van der Waals surface area contributed by atoms with E-state index in [0.29, 0.717) is 12.3 Å². The number of benzene rings is 1. The zero-order valence-electron chi connectivity index (χ0n) is 14.8. The van der Waals surface area contributed by atoms with Crippen LogP contribution in [0.25, 0.3) is 11.1 Å². The van der Waals surface area contributed by atoms with Crippen molar-refractivity contribution in [2.75, 3.05) is 6.54 Å². The van der Waals surface area contributed by atoms with Crippen molar-refractivity contribution in [2.24, 2.45) is 5.92 Å². The Balaban J connectivity index is 1.91. The summed E-state index contributed by atoms with van der Waals surface area (Å²) in [6, 6.07) is 14.8. The number of aromatic nitrogens is 1. The highest BCUT2D eigenvalue weighted by molar-refractivity contribution is 5.77. The van der Waals surface area contributed by atoms with Gasteiger partial charge in [0.05, 0.1) is 11.7 Å². The van der Waals surface area contributed by atoms with Crippen LogP contribution in [-0.4, -0.2) is 22.3 Å². The van der Waals surface area contributed by atoms with Crippen LogP contribution in [0.15, 0.2) is 42.5 Å². The maximum absolute atomic E-state index is 12.6. The summed E-state index contributed by atoms with van der Waals surface area (Å²) >= 11 is 0. The van der Waals surface area contributed by atoms with Gasteiger partial charge in [0.25, 0.3) is 0 Å². The molecule has 1 aromatic carbocycles. The predicted molar refractivity (Wildman–Crippen MR) is 97.6 cm³/mol. The third-order valence-corrected chi connectivity index (χ3v) is 4.58. The molecule has 1 saturated heterocycles. The van der Waals surface area contributed by atoms with Gasteiger partial charge in [-0.15, -0.1) is 0 Å². The van der Waals surface area contributed by atoms with Crippen LogP contribution in [0.4, 0.5) is 0 Å². The van der Waals surface area contributed by atoms with E-state index in [1.54, 1.807) is 0 Å². The van der Waals surface area contributed by atoms with Crippen molar-refractivity contribution in [1.29, 1.82) is 0 Å². The fourth-order valence-electron chi connectivity index (χ4n) is 3.50. The van der Waals surface area contributed by atoms with E-state index >= 15 is 0 Å². The summed E-state index contributed by atoms with van der Waals surface area (Å²) in [7, 11) is 0. The summed E-state index contributed by atoms with van der Waals surface area (Å²) in [5.74, 6) is 0.654. The summed E-state index contributed by atoms with van der Waals surface area (Å²) in [5.41, 5.74) is 4.42. The topological polar surface area (TPSA) is 33.2 Å². The lowest BCUT2D eigenvalue weighted by molar-refractivity contribution is -0.133. The molecule has 1 atom stereocenters. The molecule has 0 N–H and O–H groups in total. The van der Waals surface area contributed by atoms with E-state index in [9.17, 15) is 4.79 Å². The van der Waals surface area contributed by atoms with E-state index in [0.717, 1.165) is 30.8 Å². The van der Waals surface area contributed by atoms with Crippen molar-refractivity contribution in [1.82, 2.24) is 9.88 Å². The third-order valence-electron chi connectivity index (χ3n) is 4.58. The molecule has 1 amide bonds. The fourth-order valence-corrected chi connectivity index (χ4v) is 3.50. The number of carbonyl (C=O) groups excluding carboxylic acids is 1. The lowest BCUT2D eigenvalue weighted by atomic mass is 10.0. The van der Waals surface area contributed by atoms with Gasteiger partial charge >= 0.3 is 0 Å². The van der Waals surface area contributed by atoms with Crippen molar-refractivity contribution in [3.05, 3.63) is 53.9 Å². The minimum Gasteiger partial charge on any atom is -0.334 e. The van der Waals surface area contributed by atoms with Gasteiger partial charge < -0.3 is 4.90 Å². The Labute approximate surface area is 144 Å². The molecular formula is C21H26N2O. The second-order valence-corrected chi connectivity index (χ2v) is 7.13. The van der Waals surface area contributed by atoms with Crippen LogP contribution in [-0.2, 0) is 4.79 Å². The number of amides is 1. The molecule has 2 aromatic rings. The van der Waals surface area contributed by atoms with Gasteiger partial charge in [0, 0.05) is 18.7 Å². The highest BCUT2D eigenvalue weighted by Crippen LogP contribution is 2.34. The van der Waals surface area contributed by atoms with E-state index in [-0.39, 0.29) is 11.9 Å².